The van der Waals surface area contributed by atoms with Crippen LogP contribution in [0.4, 0.5) is 0 Å². The van der Waals surface area contributed by atoms with E-state index in [0.29, 0.717) is 18.3 Å². The molecule has 4 heteroatoms. The van der Waals surface area contributed by atoms with Crippen molar-refractivity contribution < 1.29 is 8.42 Å². The van der Waals surface area contributed by atoms with E-state index < -0.39 is 9.84 Å². The van der Waals surface area contributed by atoms with E-state index >= 15 is 0 Å². The van der Waals surface area contributed by atoms with Crippen LogP contribution in [-0.4, -0.2) is 32.0 Å². The van der Waals surface area contributed by atoms with Gasteiger partial charge in [0.25, 0.3) is 0 Å². The van der Waals surface area contributed by atoms with Crippen molar-refractivity contribution in [3.63, 3.8) is 0 Å². The molecule has 1 saturated heterocycles. The third-order valence-electron chi connectivity index (χ3n) is 5.20. The van der Waals surface area contributed by atoms with Crippen LogP contribution >= 0.6 is 0 Å². The molecule has 2 rings (SSSR count). The van der Waals surface area contributed by atoms with Crippen LogP contribution in [0.3, 0.4) is 0 Å². The van der Waals surface area contributed by atoms with Gasteiger partial charge in [0.2, 0.25) is 0 Å². The van der Waals surface area contributed by atoms with Crippen LogP contribution in [0.1, 0.15) is 83.5 Å². The summed E-state index contributed by atoms with van der Waals surface area (Å²) in [6, 6.07) is 0.542. The zero-order chi connectivity index (χ0) is 15.0. The van der Waals surface area contributed by atoms with E-state index in [1.807, 2.05) is 0 Å². The van der Waals surface area contributed by atoms with E-state index in [1.165, 1.54) is 70.6 Å². The molecule has 0 bridgehead atoms. The minimum absolute atomic E-state index is 0.112. The standard InChI is InChI=1S/C17H33NO2S/c19-21(20)14-10-13-17(21)15-18-16-11-8-6-4-2-1-3-5-7-9-12-16/h16-18H,1-15H2. The number of hydrogen-bond acceptors (Lipinski definition) is 3. The van der Waals surface area contributed by atoms with Crippen molar-refractivity contribution in [1.82, 2.24) is 5.32 Å². The highest BCUT2D eigenvalue weighted by atomic mass is 32.2. The van der Waals surface area contributed by atoms with Gasteiger partial charge in [0, 0.05) is 12.6 Å². The largest absolute Gasteiger partial charge is 0.313 e. The van der Waals surface area contributed by atoms with Gasteiger partial charge in [-0.05, 0) is 25.7 Å². The Kier molecular flexibility index (Phi) is 7.51. The molecule has 3 nitrogen and oxygen atoms in total. The van der Waals surface area contributed by atoms with Gasteiger partial charge < -0.3 is 5.32 Å². The molecule has 1 atom stereocenters. The maximum absolute atomic E-state index is 11.9. The Balaban J connectivity index is 1.75. The highest BCUT2D eigenvalue weighted by Crippen LogP contribution is 2.21. The Bertz CT molecular complexity index is 368. The zero-order valence-electron chi connectivity index (χ0n) is 13.5. The van der Waals surface area contributed by atoms with E-state index in [4.69, 9.17) is 0 Å². The van der Waals surface area contributed by atoms with Crippen molar-refractivity contribution in [3.8, 4) is 0 Å². The van der Waals surface area contributed by atoms with Crippen LogP contribution in [0.15, 0.2) is 0 Å². The second-order valence-corrected chi connectivity index (χ2v) is 9.40. The van der Waals surface area contributed by atoms with Gasteiger partial charge in [0.1, 0.15) is 0 Å². The Labute approximate surface area is 131 Å². The monoisotopic (exact) mass is 315 g/mol. The fourth-order valence-corrected chi connectivity index (χ4v) is 5.53. The van der Waals surface area contributed by atoms with Gasteiger partial charge in [0.05, 0.1) is 11.0 Å². The molecule has 0 aromatic carbocycles. The van der Waals surface area contributed by atoms with Gasteiger partial charge in [-0.25, -0.2) is 8.42 Å². The first-order valence-corrected chi connectivity index (χ1v) is 10.8. The molecule has 1 heterocycles. The molecule has 2 fully saturated rings. The molecule has 0 amide bonds. The van der Waals surface area contributed by atoms with Crippen LogP contribution in [0.5, 0.6) is 0 Å². The Hall–Kier alpha value is -0.0900. The Morgan fingerprint density at radius 3 is 1.71 bits per heavy atom. The lowest BCUT2D eigenvalue weighted by molar-refractivity contribution is 0.401. The Morgan fingerprint density at radius 1 is 0.714 bits per heavy atom. The van der Waals surface area contributed by atoms with Gasteiger partial charge in [-0.3, -0.25) is 0 Å². The van der Waals surface area contributed by atoms with E-state index in [1.54, 1.807) is 0 Å². The lowest BCUT2D eigenvalue weighted by Gasteiger charge is -2.21. The molecule has 21 heavy (non-hydrogen) atoms. The van der Waals surface area contributed by atoms with E-state index in [-0.39, 0.29) is 5.25 Å². The third kappa shape index (κ3) is 6.27. The van der Waals surface area contributed by atoms with Crippen LogP contribution in [0.25, 0.3) is 0 Å². The highest BCUT2D eigenvalue weighted by Gasteiger charge is 2.31. The van der Waals surface area contributed by atoms with Crippen LogP contribution < -0.4 is 5.32 Å². The average molecular weight is 316 g/mol. The van der Waals surface area contributed by atoms with Gasteiger partial charge in [-0.15, -0.1) is 0 Å². The lowest BCUT2D eigenvalue weighted by atomic mass is 9.98. The summed E-state index contributed by atoms with van der Waals surface area (Å²) in [4.78, 5) is 0. The number of rotatable bonds is 3. The minimum Gasteiger partial charge on any atom is -0.313 e. The summed E-state index contributed by atoms with van der Waals surface area (Å²) in [5.41, 5.74) is 0. The van der Waals surface area contributed by atoms with Crippen molar-refractivity contribution in [2.45, 2.75) is 94.8 Å². The van der Waals surface area contributed by atoms with Gasteiger partial charge in [-0.1, -0.05) is 57.8 Å². The number of hydrogen-bond donors (Lipinski definition) is 1. The first kappa shape index (κ1) is 17.3. The second-order valence-electron chi connectivity index (χ2n) is 7.00. The molecule has 1 aliphatic carbocycles. The molecule has 1 saturated carbocycles. The van der Waals surface area contributed by atoms with Gasteiger partial charge >= 0.3 is 0 Å². The summed E-state index contributed by atoms with van der Waals surface area (Å²) >= 11 is 0. The fourth-order valence-electron chi connectivity index (χ4n) is 3.75. The predicted molar refractivity (Wildman–Crippen MR) is 89.4 cm³/mol. The van der Waals surface area contributed by atoms with Crippen LogP contribution in [-0.2, 0) is 9.84 Å². The van der Waals surface area contributed by atoms with Gasteiger partial charge in [0.15, 0.2) is 9.84 Å². The molecule has 1 unspecified atom stereocenters. The number of sulfone groups is 1. The average Bonchev–Trinajstić information content (AvgIpc) is 2.77. The summed E-state index contributed by atoms with van der Waals surface area (Å²) < 4.78 is 23.8. The van der Waals surface area contributed by atoms with Gasteiger partial charge in [-0.2, -0.15) is 0 Å². The molecule has 0 spiro atoms. The van der Waals surface area contributed by atoms with Crippen molar-refractivity contribution in [3.05, 3.63) is 0 Å². The molecule has 0 aromatic heterocycles. The summed E-state index contributed by atoms with van der Waals surface area (Å²) in [5, 5.41) is 3.48. The predicted octanol–water partition coefficient (Wildman–Crippen LogP) is 3.83. The normalized spacial score (nSPS) is 29.6. The molecule has 1 aliphatic heterocycles. The van der Waals surface area contributed by atoms with E-state index in [2.05, 4.69) is 5.32 Å². The molecule has 0 aromatic rings. The topological polar surface area (TPSA) is 46.2 Å². The summed E-state index contributed by atoms with van der Waals surface area (Å²) in [5.74, 6) is 0.407. The molecule has 1 N–H and O–H groups in total. The van der Waals surface area contributed by atoms with Crippen molar-refractivity contribution in [2.24, 2.45) is 0 Å². The smallest absolute Gasteiger partial charge is 0.154 e. The van der Waals surface area contributed by atoms with Crippen molar-refractivity contribution in [1.29, 1.82) is 0 Å². The molecule has 124 valence electrons. The maximum atomic E-state index is 11.9. The summed E-state index contributed by atoms with van der Waals surface area (Å²) in [6.45, 7) is 0.688. The quantitative estimate of drug-likeness (QED) is 0.861. The molecular weight excluding hydrogens is 282 g/mol. The molecule has 2 aliphatic rings. The maximum Gasteiger partial charge on any atom is 0.154 e. The van der Waals surface area contributed by atoms with E-state index in [9.17, 15) is 8.42 Å². The summed E-state index contributed by atoms with van der Waals surface area (Å²) in [7, 11) is -2.79. The first-order chi connectivity index (χ1) is 10.2. The first-order valence-electron chi connectivity index (χ1n) is 9.13. The minimum atomic E-state index is -2.79. The zero-order valence-corrected chi connectivity index (χ0v) is 14.3. The third-order valence-corrected chi connectivity index (χ3v) is 7.48. The molecule has 0 radical (unpaired) electrons. The van der Waals surface area contributed by atoms with Crippen LogP contribution in [0.2, 0.25) is 0 Å². The lowest BCUT2D eigenvalue weighted by Crippen LogP contribution is -2.37. The van der Waals surface area contributed by atoms with Crippen molar-refractivity contribution >= 4 is 9.84 Å². The Morgan fingerprint density at radius 2 is 1.24 bits per heavy atom. The SMILES string of the molecule is O=S1(=O)CCCC1CNC1CCCCCCCCCCC1. The number of nitrogens with one attached hydrogen (secondary N) is 1. The fraction of sp³-hybridized carbons (Fsp3) is 1.00. The highest BCUT2D eigenvalue weighted by molar-refractivity contribution is 7.92. The van der Waals surface area contributed by atoms with Crippen molar-refractivity contribution in [2.75, 3.05) is 12.3 Å². The molecular formula is C17H33NO2S. The second kappa shape index (κ2) is 9.14. The van der Waals surface area contributed by atoms with Crippen LogP contribution in [0, 0.1) is 0 Å². The summed E-state index contributed by atoms with van der Waals surface area (Å²) in [6.07, 6.45) is 16.5. The van der Waals surface area contributed by atoms with E-state index in [0.717, 1.165) is 12.8 Å².